The molecule has 2 rings (SSSR count). The largest absolute Gasteiger partial charge is 0.353 e. The van der Waals surface area contributed by atoms with E-state index in [9.17, 15) is 4.79 Å². The summed E-state index contributed by atoms with van der Waals surface area (Å²) in [5, 5.41) is 11.2. The van der Waals surface area contributed by atoms with Crippen molar-refractivity contribution in [2.45, 2.75) is 45.2 Å². The number of likely N-dealkylation sites (N-methyl/N-ethyl adjacent to an activating group) is 1. The van der Waals surface area contributed by atoms with E-state index in [0.717, 1.165) is 31.0 Å². The van der Waals surface area contributed by atoms with Gasteiger partial charge in [-0.25, -0.2) is 14.7 Å². The summed E-state index contributed by atoms with van der Waals surface area (Å²) in [5.74, 6) is 2.84. The Morgan fingerprint density at radius 3 is 2.85 bits per heavy atom. The number of guanidine groups is 1. The Bertz CT molecular complexity index is 639. The molecule has 2 heterocycles. The molecule has 0 radical (unpaired) electrons. The van der Waals surface area contributed by atoms with Gasteiger partial charge in [0.2, 0.25) is 5.91 Å². The lowest BCUT2D eigenvalue weighted by molar-refractivity contribution is -0.127. The average Bonchev–Trinajstić information content (AvgIpc) is 3.00. The van der Waals surface area contributed by atoms with Crippen LogP contribution in [0.15, 0.2) is 17.6 Å². The van der Waals surface area contributed by atoms with Gasteiger partial charge < -0.3 is 15.5 Å². The maximum atomic E-state index is 11.8. The van der Waals surface area contributed by atoms with Crippen molar-refractivity contribution in [1.82, 2.24) is 30.3 Å². The monoisotopic (exact) mass is 475 g/mol. The van der Waals surface area contributed by atoms with E-state index in [4.69, 9.17) is 0 Å². The van der Waals surface area contributed by atoms with E-state index >= 15 is 0 Å². The highest BCUT2D eigenvalue weighted by Crippen LogP contribution is 2.16. The predicted molar refractivity (Wildman–Crippen MR) is 114 cm³/mol. The topological polar surface area (TPSA) is 87.4 Å². The Balaban J connectivity index is 0.00000338. The van der Waals surface area contributed by atoms with E-state index in [0.29, 0.717) is 18.4 Å². The van der Waals surface area contributed by atoms with Gasteiger partial charge in [0.05, 0.1) is 6.54 Å². The summed E-state index contributed by atoms with van der Waals surface area (Å²) in [5.41, 5.74) is 0. The Hall–Kier alpha value is -1.65. The van der Waals surface area contributed by atoms with Gasteiger partial charge in [0, 0.05) is 39.0 Å². The molecule has 9 heteroatoms. The van der Waals surface area contributed by atoms with E-state index in [2.05, 4.69) is 46.1 Å². The Kier molecular flexibility index (Phi) is 9.03. The molecule has 0 aliphatic carbocycles. The second-order valence-electron chi connectivity index (χ2n) is 6.73. The quantitative estimate of drug-likeness (QED) is 0.279. The van der Waals surface area contributed by atoms with Gasteiger partial charge in [-0.2, -0.15) is 5.10 Å². The fourth-order valence-corrected chi connectivity index (χ4v) is 2.49. The number of fused-ring (bicyclic) bond motifs is 1. The molecule has 1 unspecified atom stereocenters. The second-order valence-corrected chi connectivity index (χ2v) is 6.73. The van der Waals surface area contributed by atoms with E-state index in [1.165, 1.54) is 4.90 Å². The molecule has 0 spiro atoms. The number of aliphatic imine (C=N–C) groups is 1. The smallest absolute Gasteiger partial charge is 0.243 e. The van der Waals surface area contributed by atoms with Crippen LogP contribution in [-0.4, -0.2) is 64.8 Å². The fourth-order valence-electron chi connectivity index (χ4n) is 2.49. The molecule has 1 aromatic rings. The summed E-state index contributed by atoms with van der Waals surface area (Å²) in [6.45, 7) is 9.34. The van der Waals surface area contributed by atoms with Crippen molar-refractivity contribution >= 4 is 35.8 Å². The number of rotatable bonds is 6. The molecule has 0 saturated carbocycles. The number of nitrogens with one attached hydrogen (secondary N) is 2. The SMILES string of the molecule is C=CCNC(=NCC(=O)N(C)C)NC1CCc2nc(C(C)C)nn2C1.I. The summed E-state index contributed by atoms with van der Waals surface area (Å²) in [6, 6.07) is 0.194. The van der Waals surface area contributed by atoms with E-state index in [1.807, 2.05) is 4.68 Å². The molecule has 2 N–H and O–H groups in total. The maximum Gasteiger partial charge on any atom is 0.243 e. The molecule has 1 aromatic heterocycles. The minimum Gasteiger partial charge on any atom is -0.353 e. The van der Waals surface area contributed by atoms with Gasteiger partial charge in [-0.15, -0.1) is 30.6 Å². The standard InChI is InChI=1S/C17H29N7O.HI/c1-6-9-18-17(19-10-15(25)23(4)5)20-13-7-8-14-21-16(12(2)3)22-24(14)11-13;/h6,12-13H,1,7-11H2,2-5H3,(H2,18,19,20);1H. The maximum absolute atomic E-state index is 11.8. The molecule has 0 fully saturated rings. The van der Waals surface area contributed by atoms with Crippen LogP contribution < -0.4 is 10.6 Å². The Morgan fingerprint density at radius 1 is 1.50 bits per heavy atom. The van der Waals surface area contributed by atoms with Crippen molar-refractivity contribution in [3.05, 3.63) is 24.3 Å². The molecule has 0 aromatic carbocycles. The molecule has 1 aliphatic heterocycles. The van der Waals surface area contributed by atoms with Crippen LogP contribution in [0.4, 0.5) is 0 Å². The predicted octanol–water partition coefficient (Wildman–Crippen LogP) is 1.14. The zero-order valence-electron chi connectivity index (χ0n) is 16.0. The first kappa shape index (κ1) is 22.4. The highest BCUT2D eigenvalue weighted by Gasteiger charge is 2.23. The van der Waals surface area contributed by atoms with E-state index in [1.54, 1.807) is 20.2 Å². The minimum atomic E-state index is -0.0384. The number of amides is 1. The summed E-state index contributed by atoms with van der Waals surface area (Å²) < 4.78 is 1.98. The van der Waals surface area contributed by atoms with Crippen LogP contribution in [-0.2, 0) is 17.8 Å². The second kappa shape index (κ2) is 10.5. The van der Waals surface area contributed by atoms with Gasteiger partial charge in [-0.05, 0) is 6.42 Å². The number of carbonyl (C=O) groups is 1. The molecule has 0 bridgehead atoms. The van der Waals surface area contributed by atoms with Crippen molar-refractivity contribution in [3.8, 4) is 0 Å². The molecule has 1 aliphatic rings. The zero-order chi connectivity index (χ0) is 18.4. The number of aromatic nitrogens is 3. The highest BCUT2D eigenvalue weighted by molar-refractivity contribution is 14.0. The van der Waals surface area contributed by atoms with Crippen LogP contribution in [0, 0.1) is 0 Å². The van der Waals surface area contributed by atoms with Crippen molar-refractivity contribution in [3.63, 3.8) is 0 Å². The molecular formula is C17H30IN7O. The molecule has 26 heavy (non-hydrogen) atoms. The lowest BCUT2D eigenvalue weighted by Crippen LogP contribution is -2.47. The average molecular weight is 475 g/mol. The third kappa shape index (κ3) is 6.26. The molecule has 8 nitrogen and oxygen atoms in total. The first-order chi connectivity index (χ1) is 11.9. The number of aryl methyl sites for hydroxylation is 1. The zero-order valence-corrected chi connectivity index (χ0v) is 18.4. The van der Waals surface area contributed by atoms with Gasteiger partial charge in [0.1, 0.15) is 12.4 Å². The number of carbonyl (C=O) groups excluding carboxylic acids is 1. The van der Waals surface area contributed by atoms with Crippen LogP contribution in [0.3, 0.4) is 0 Å². The van der Waals surface area contributed by atoms with Crippen molar-refractivity contribution in [2.75, 3.05) is 27.2 Å². The van der Waals surface area contributed by atoms with Crippen molar-refractivity contribution in [2.24, 2.45) is 4.99 Å². The van der Waals surface area contributed by atoms with Gasteiger partial charge in [-0.3, -0.25) is 4.79 Å². The Morgan fingerprint density at radius 2 is 2.23 bits per heavy atom. The fraction of sp³-hybridized carbons (Fsp3) is 0.647. The summed E-state index contributed by atoms with van der Waals surface area (Å²) in [7, 11) is 3.45. The van der Waals surface area contributed by atoms with E-state index in [-0.39, 0.29) is 42.5 Å². The number of hydrogen-bond acceptors (Lipinski definition) is 4. The van der Waals surface area contributed by atoms with Gasteiger partial charge in [-0.1, -0.05) is 19.9 Å². The van der Waals surface area contributed by atoms with Gasteiger partial charge >= 0.3 is 0 Å². The molecule has 146 valence electrons. The Labute approximate surface area is 172 Å². The normalized spacial score (nSPS) is 16.5. The van der Waals surface area contributed by atoms with Crippen LogP contribution >= 0.6 is 24.0 Å². The minimum absolute atomic E-state index is 0. The molecular weight excluding hydrogens is 445 g/mol. The highest BCUT2D eigenvalue weighted by atomic mass is 127. The van der Waals surface area contributed by atoms with Crippen LogP contribution in [0.25, 0.3) is 0 Å². The number of hydrogen-bond donors (Lipinski definition) is 2. The molecule has 1 atom stereocenters. The third-order valence-electron chi connectivity index (χ3n) is 4.02. The first-order valence-electron chi connectivity index (χ1n) is 8.70. The number of halogens is 1. The van der Waals surface area contributed by atoms with Gasteiger partial charge in [0.25, 0.3) is 0 Å². The van der Waals surface area contributed by atoms with Crippen LogP contribution in [0.1, 0.15) is 37.8 Å². The lowest BCUT2D eigenvalue weighted by atomic mass is 10.1. The first-order valence-corrected chi connectivity index (χ1v) is 8.70. The lowest BCUT2D eigenvalue weighted by Gasteiger charge is -2.25. The molecule has 1 amide bonds. The molecule has 0 saturated heterocycles. The van der Waals surface area contributed by atoms with Crippen molar-refractivity contribution < 1.29 is 4.79 Å². The van der Waals surface area contributed by atoms with Crippen molar-refractivity contribution in [1.29, 1.82) is 0 Å². The number of nitrogens with zero attached hydrogens (tertiary/aromatic N) is 5. The third-order valence-corrected chi connectivity index (χ3v) is 4.02. The summed E-state index contributed by atoms with van der Waals surface area (Å²) in [4.78, 5) is 22.3. The summed E-state index contributed by atoms with van der Waals surface area (Å²) >= 11 is 0. The van der Waals surface area contributed by atoms with E-state index < -0.39 is 0 Å². The van der Waals surface area contributed by atoms with Gasteiger partial charge in [0.15, 0.2) is 11.8 Å². The van der Waals surface area contributed by atoms with Crippen LogP contribution in [0.2, 0.25) is 0 Å². The van der Waals surface area contributed by atoms with Crippen LogP contribution in [0.5, 0.6) is 0 Å². The summed E-state index contributed by atoms with van der Waals surface area (Å²) in [6.07, 6.45) is 3.59.